The van der Waals surface area contributed by atoms with Crippen molar-refractivity contribution in [2.45, 2.75) is 57.4 Å². The minimum absolute atomic E-state index is 0.204. The SMILES string of the molecule is CO[C@H]1O[C@H](COCc2ccccc2)[C@H](OCc2ccccc2)[C@H](OCc2ccccc2)[C@@H]1NC(C)=O. The molecule has 3 aromatic rings. The lowest BCUT2D eigenvalue weighted by molar-refractivity contribution is -0.284. The van der Waals surface area contributed by atoms with Crippen molar-refractivity contribution in [1.29, 1.82) is 0 Å². The first-order chi connectivity index (χ1) is 18.1. The highest BCUT2D eigenvalue weighted by atomic mass is 16.7. The maximum atomic E-state index is 12.1. The second-order valence-corrected chi connectivity index (χ2v) is 9.03. The van der Waals surface area contributed by atoms with Crippen LogP contribution in [-0.2, 0) is 48.3 Å². The number of rotatable bonds is 12. The third-order valence-electron chi connectivity index (χ3n) is 6.21. The molecule has 37 heavy (non-hydrogen) atoms. The van der Waals surface area contributed by atoms with E-state index < -0.39 is 30.6 Å². The predicted octanol–water partition coefficient (Wildman–Crippen LogP) is 4.25. The van der Waals surface area contributed by atoms with Gasteiger partial charge in [-0.3, -0.25) is 4.79 Å². The Bertz CT molecular complexity index is 1070. The van der Waals surface area contributed by atoms with Gasteiger partial charge in [0, 0.05) is 14.0 Å². The second kappa shape index (κ2) is 14.0. The summed E-state index contributed by atoms with van der Waals surface area (Å²) in [6, 6.07) is 29.2. The first-order valence-electron chi connectivity index (χ1n) is 12.5. The molecule has 1 aliphatic heterocycles. The van der Waals surface area contributed by atoms with Crippen LogP contribution < -0.4 is 5.32 Å². The van der Waals surface area contributed by atoms with Crippen molar-refractivity contribution in [3.8, 4) is 0 Å². The first-order valence-corrected chi connectivity index (χ1v) is 12.5. The Morgan fingerprint density at radius 2 is 1.24 bits per heavy atom. The van der Waals surface area contributed by atoms with E-state index in [1.54, 1.807) is 7.11 Å². The second-order valence-electron chi connectivity index (χ2n) is 9.03. The van der Waals surface area contributed by atoms with Crippen LogP contribution in [0.2, 0.25) is 0 Å². The van der Waals surface area contributed by atoms with Crippen LogP contribution in [-0.4, -0.2) is 50.3 Å². The number of amides is 1. The third kappa shape index (κ3) is 7.95. The summed E-state index contributed by atoms with van der Waals surface area (Å²) in [6.45, 7) is 2.89. The van der Waals surface area contributed by atoms with Crippen molar-refractivity contribution >= 4 is 5.91 Å². The Kier molecular flexibility index (Phi) is 10.2. The highest BCUT2D eigenvalue weighted by Gasteiger charge is 2.48. The zero-order chi connectivity index (χ0) is 25.9. The van der Waals surface area contributed by atoms with Crippen LogP contribution in [0.25, 0.3) is 0 Å². The average molecular weight is 506 g/mol. The van der Waals surface area contributed by atoms with E-state index in [1.807, 2.05) is 91.0 Å². The van der Waals surface area contributed by atoms with Crippen molar-refractivity contribution < 1.29 is 28.5 Å². The summed E-state index contributed by atoms with van der Waals surface area (Å²) in [5, 5.41) is 2.97. The van der Waals surface area contributed by atoms with Gasteiger partial charge in [0.2, 0.25) is 5.91 Å². The first kappa shape index (κ1) is 27.0. The van der Waals surface area contributed by atoms with Crippen molar-refractivity contribution in [2.75, 3.05) is 13.7 Å². The average Bonchev–Trinajstić information content (AvgIpc) is 2.93. The van der Waals surface area contributed by atoms with Crippen LogP contribution in [0, 0.1) is 0 Å². The normalized spacial score (nSPS) is 23.5. The summed E-state index contributed by atoms with van der Waals surface area (Å²) >= 11 is 0. The maximum absolute atomic E-state index is 12.1. The molecule has 3 aromatic carbocycles. The van der Waals surface area contributed by atoms with Crippen LogP contribution in [0.3, 0.4) is 0 Å². The monoisotopic (exact) mass is 505 g/mol. The van der Waals surface area contributed by atoms with Gasteiger partial charge in [0.15, 0.2) is 6.29 Å². The summed E-state index contributed by atoms with van der Waals surface area (Å²) < 4.78 is 30.9. The smallest absolute Gasteiger partial charge is 0.217 e. The molecule has 7 heteroatoms. The Balaban J connectivity index is 1.56. The van der Waals surface area contributed by atoms with Gasteiger partial charge >= 0.3 is 0 Å². The molecule has 5 atom stereocenters. The standard InChI is InChI=1S/C30H35NO6/c1-22(32)31-27-29(36-20-25-16-10-5-11-17-25)28(35-19-24-14-8-4-9-15-24)26(37-30(27)33-2)21-34-18-23-12-6-3-7-13-23/h3-17,26-30H,18-21H2,1-2H3,(H,31,32)/t26-,27+,28+,29-,30+/m1/s1. The van der Waals surface area contributed by atoms with Gasteiger partial charge in [0.1, 0.15) is 24.4 Å². The third-order valence-corrected chi connectivity index (χ3v) is 6.21. The summed E-state index contributed by atoms with van der Waals surface area (Å²) in [5.74, 6) is -0.204. The maximum Gasteiger partial charge on any atom is 0.217 e. The number of hydrogen-bond donors (Lipinski definition) is 1. The lowest BCUT2D eigenvalue weighted by Crippen LogP contribution is -2.65. The van der Waals surface area contributed by atoms with Crippen LogP contribution >= 0.6 is 0 Å². The van der Waals surface area contributed by atoms with Crippen LogP contribution in [0.5, 0.6) is 0 Å². The Labute approximate surface area is 218 Å². The van der Waals surface area contributed by atoms with Gasteiger partial charge in [-0.05, 0) is 16.7 Å². The topological polar surface area (TPSA) is 75.2 Å². The fraction of sp³-hybridized carbons (Fsp3) is 0.367. The molecule has 4 rings (SSSR count). The molecule has 0 aliphatic carbocycles. The fourth-order valence-electron chi connectivity index (χ4n) is 4.43. The molecule has 1 heterocycles. The van der Waals surface area contributed by atoms with Gasteiger partial charge < -0.3 is 29.0 Å². The summed E-state index contributed by atoms with van der Waals surface area (Å²) in [6.07, 6.45) is -2.28. The molecule has 0 aromatic heterocycles. The van der Waals surface area contributed by atoms with E-state index in [1.165, 1.54) is 6.92 Å². The van der Waals surface area contributed by atoms with E-state index in [9.17, 15) is 4.79 Å². The van der Waals surface area contributed by atoms with E-state index in [2.05, 4.69) is 5.32 Å². The Morgan fingerprint density at radius 1 is 0.757 bits per heavy atom. The lowest BCUT2D eigenvalue weighted by Gasteiger charge is -2.45. The number of carbonyl (C=O) groups is 1. The molecule has 0 saturated carbocycles. The van der Waals surface area contributed by atoms with E-state index in [0.717, 1.165) is 16.7 Å². The molecule has 1 saturated heterocycles. The van der Waals surface area contributed by atoms with E-state index in [0.29, 0.717) is 19.8 Å². The zero-order valence-electron chi connectivity index (χ0n) is 21.3. The van der Waals surface area contributed by atoms with Crippen molar-refractivity contribution in [3.05, 3.63) is 108 Å². The summed E-state index contributed by atoms with van der Waals surface area (Å²) in [5.41, 5.74) is 3.11. The molecule has 0 unspecified atom stereocenters. The van der Waals surface area contributed by atoms with E-state index in [-0.39, 0.29) is 12.5 Å². The van der Waals surface area contributed by atoms with Gasteiger partial charge in [-0.25, -0.2) is 0 Å². The minimum Gasteiger partial charge on any atom is -0.374 e. The van der Waals surface area contributed by atoms with Crippen LogP contribution in [0.4, 0.5) is 0 Å². The fourth-order valence-corrected chi connectivity index (χ4v) is 4.43. The Hall–Kier alpha value is -3.07. The molecule has 0 bridgehead atoms. The predicted molar refractivity (Wildman–Crippen MR) is 139 cm³/mol. The van der Waals surface area contributed by atoms with Crippen LogP contribution in [0.1, 0.15) is 23.6 Å². The molecule has 1 amide bonds. The zero-order valence-corrected chi connectivity index (χ0v) is 21.3. The number of ether oxygens (including phenoxy) is 5. The molecule has 1 aliphatic rings. The summed E-state index contributed by atoms with van der Waals surface area (Å²) in [4.78, 5) is 12.1. The largest absolute Gasteiger partial charge is 0.374 e. The molecule has 196 valence electrons. The van der Waals surface area contributed by atoms with Crippen molar-refractivity contribution in [2.24, 2.45) is 0 Å². The number of carbonyl (C=O) groups excluding carboxylic acids is 1. The molecule has 0 radical (unpaired) electrons. The number of methoxy groups -OCH3 is 1. The number of hydrogen-bond acceptors (Lipinski definition) is 6. The lowest BCUT2D eigenvalue weighted by atomic mass is 9.96. The molecule has 1 fully saturated rings. The molecule has 0 spiro atoms. The molecular formula is C30H35NO6. The number of nitrogens with one attached hydrogen (secondary N) is 1. The molecule has 1 N–H and O–H groups in total. The quantitative estimate of drug-likeness (QED) is 0.397. The summed E-state index contributed by atoms with van der Waals surface area (Å²) in [7, 11) is 1.56. The van der Waals surface area contributed by atoms with E-state index >= 15 is 0 Å². The molecular weight excluding hydrogens is 470 g/mol. The Morgan fingerprint density at radius 3 is 1.73 bits per heavy atom. The molecule has 7 nitrogen and oxygen atoms in total. The highest BCUT2D eigenvalue weighted by Crippen LogP contribution is 2.29. The van der Waals surface area contributed by atoms with Crippen LogP contribution in [0.15, 0.2) is 91.0 Å². The van der Waals surface area contributed by atoms with Gasteiger partial charge in [-0.15, -0.1) is 0 Å². The van der Waals surface area contributed by atoms with Gasteiger partial charge in [-0.1, -0.05) is 91.0 Å². The van der Waals surface area contributed by atoms with Gasteiger partial charge in [0.05, 0.1) is 26.4 Å². The number of benzene rings is 3. The van der Waals surface area contributed by atoms with Crippen molar-refractivity contribution in [3.63, 3.8) is 0 Å². The van der Waals surface area contributed by atoms with Crippen molar-refractivity contribution in [1.82, 2.24) is 5.32 Å². The van der Waals surface area contributed by atoms with Gasteiger partial charge in [0.25, 0.3) is 0 Å². The van der Waals surface area contributed by atoms with Gasteiger partial charge in [-0.2, -0.15) is 0 Å². The highest BCUT2D eigenvalue weighted by molar-refractivity contribution is 5.73. The van der Waals surface area contributed by atoms with E-state index in [4.69, 9.17) is 23.7 Å². The minimum atomic E-state index is -0.730.